The minimum atomic E-state index is 2.00. The zero-order chi connectivity index (χ0) is 18.0. The van der Waals surface area contributed by atoms with Gasteiger partial charge in [0.05, 0.1) is 0 Å². The highest BCUT2D eigenvalue weighted by molar-refractivity contribution is 7.88. The van der Waals surface area contributed by atoms with Crippen molar-refractivity contribution in [2.75, 3.05) is 0 Å². The van der Waals surface area contributed by atoms with Crippen molar-refractivity contribution in [3.63, 3.8) is 0 Å². The summed E-state index contributed by atoms with van der Waals surface area (Å²) in [7, 11) is 2.56. The first kappa shape index (κ1) is 62.7. The Bertz CT molecular complexity index is 11.1. The average Bonchev–Trinajstić information content (AvgIpc) is 2.63. The van der Waals surface area contributed by atoms with Crippen LogP contribution in [0.2, 0.25) is 0 Å². The summed E-state index contributed by atoms with van der Waals surface area (Å²) in [6.45, 7) is 32.0. The smallest absolute Gasteiger partial charge is 0.0437 e. The van der Waals surface area contributed by atoms with Crippen LogP contribution in [0.4, 0.5) is 0 Å². The topological polar surface area (TPSA) is 0 Å². The molecule has 0 aromatic heterocycles. The molecule has 0 aliphatic rings. The maximum Gasteiger partial charge on any atom is -0.0437 e. The van der Waals surface area contributed by atoms with Crippen LogP contribution >= 0.6 is 8.02 Å². The molecule has 124 valence electrons. The molecule has 0 aliphatic carbocycles. The van der Waals surface area contributed by atoms with Crippen LogP contribution in [-0.4, -0.2) is 0 Å². The Kier molecular flexibility index (Phi) is 61600. The van der Waals surface area contributed by atoms with E-state index in [9.17, 15) is 0 Å². The van der Waals surface area contributed by atoms with Gasteiger partial charge in [-0.25, -0.2) is 0 Å². The molecule has 0 amide bonds. The first-order chi connectivity index (χ1) is 9.00. The van der Waals surface area contributed by atoms with E-state index in [1.807, 2.05) is 111 Å². The quantitative estimate of drug-likeness (QED) is 0.403. The zero-order valence-electron chi connectivity index (χ0n) is 16.9. The second-order valence-corrected chi connectivity index (χ2v) is 0. The lowest BCUT2D eigenvalue weighted by atomic mass is 11.0. The summed E-state index contributed by atoms with van der Waals surface area (Å²) in [4.78, 5) is 0. The lowest BCUT2D eigenvalue weighted by molar-refractivity contribution is 1.50. The molecule has 0 radical (unpaired) electrons. The Morgan fingerprint density at radius 3 is 0.278 bits per heavy atom. The normalized spacial score (nSPS) is 2.89. The highest BCUT2D eigenvalue weighted by Gasteiger charge is 0.946. The first-order valence-corrected chi connectivity index (χ1v) is 9.84. The van der Waals surface area contributed by atoms with Crippen molar-refractivity contribution >= 4 is 19.8 Å². The molecule has 0 bridgehead atoms. The van der Waals surface area contributed by atoms with E-state index in [1.165, 1.54) is 0 Å². The van der Waals surface area contributed by atoms with Gasteiger partial charge in [0.25, 0.3) is 0 Å². The molecule has 0 heterocycles. The van der Waals surface area contributed by atoms with Crippen LogP contribution in [0.15, 0.2) is 0 Å². The van der Waals surface area contributed by atoms with Crippen molar-refractivity contribution in [2.45, 2.75) is 111 Å². The molecule has 0 saturated carbocycles. The molecule has 0 aromatic rings. The van der Waals surface area contributed by atoms with Crippen molar-refractivity contribution in [3.05, 3.63) is 0 Å². The third-order valence-corrected chi connectivity index (χ3v) is 0. The van der Waals surface area contributed by atoms with E-state index >= 15 is 0 Å². The Morgan fingerprint density at radius 1 is 0.278 bits per heavy atom. The number of hydrogen-bond donors (Lipinski definition) is 0. The molecule has 0 rings (SSSR count). The lowest BCUT2D eigenvalue weighted by Crippen LogP contribution is -0.856. The largest absolute Gasteiger partial charge is 0.0683 e. The van der Waals surface area contributed by atoms with Crippen molar-refractivity contribution in [1.82, 2.24) is 0 Å². The van der Waals surface area contributed by atoms with Gasteiger partial charge in [0, 0.05) is 0 Å². The van der Waals surface area contributed by atoms with Gasteiger partial charge in [0.1, 0.15) is 0 Å². The molecular weight excluding hydrogens is 255 g/mol. The van der Waals surface area contributed by atoms with E-state index in [0.717, 1.165) is 0 Å². The van der Waals surface area contributed by atoms with Crippen molar-refractivity contribution in [3.8, 4) is 0 Å². The van der Waals surface area contributed by atoms with Gasteiger partial charge in [-0.3, -0.25) is 0 Å². The highest BCUT2D eigenvalue weighted by atomic mass is 32.4. The Morgan fingerprint density at radius 2 is 0.278 bits per heavy atom. The van der Waals surface area contributed by atoms with E-state index in [4.69, 9.17) is 0 Å². The van der Waals surface area contributed by atoms with E-state index in [1.54, 1.807) is 0 Å². The molecule has 0 aromatic carbocycles. The maximum absolute atomic E-state index is 3.89. The summed E-state index contributed by atoms with van der Waals surface area (Å²) in [5.74, 6) is 0. The fourth-order valence-electron chi connectivity index (χ4n) is 0. The SMILES string of the molecule is CC.CC.CC.CC.CC.CC.CC.CC.P=S. The molecule has 0 saturated heterocycles. The lowest BCUT2D eigenvalue weighted by Gasteiger charge is -1.07. The molecule has 0 fully saturated rings. The van der Waals surface area contributed by atoms with Crippen molar-refractivity contribution in [1.29, 1.82) is 0 Å². The first-order valence-electron chi connectivity index (χ1n) is 8.20. The maximum atomic E-state index is 3.89. The molecule has 0 atom stereocenters. The molecular formula is C16H49PS. The van der Waals surface area contributed by atoms with Crippen LogP contribution in [0.25, 0.3) is 0 Å². The Hall–Kier alpha value is 0.520. The van der Waals surface area contributed by atoms with Crippen molar-refractivity contribution < 1.29 is 0 Å². The summed E-state index contributed by atoms with van der Waals surface area (Å²) in [6.07, 6.45) is 0. The van der Waals surface area contributed by atoms with Crippen LogP contribution in [0.5, 0.6) is 0 Å². The van der Waals surface area contributed by atoms with Gasteiger partial charge in [0.15, 0.2) is 0 Å². The fourth-order valence-corrected chi connectivity index (χ4v) is 0. The third-order valence-electron chi connectivity index (χ3n) is 0. The van der Waals surface area contributed by atoms with Crippen LogP contribution in [-0.2, 0) is 11.8 Å². The van der Waals surface area contributed by atoms with Gasteiger partial charge < -0.3 is 0 Å². The summed E-state index contributed by atoms with van der Waals surface area (Å²) >= 11 is 3.89. The van der Waals surface area contributed by atoms with Gasteiger partial charge in [-0.05, 0) is 8.02 Å². The summed E-state index contributed by atoms with van der Waals surface area (Å²) in [5, 5.41) is 0. The molecule has 0 aliphatic heterocycles. The fraction of sp³-hybridized carbons (Fsp3) is 1.00. The molecule has 2 heteroatoms. The molecule has 0 nitrogen and oxygen atoms in total. The predicted octanol–water partition coefficient (Wildman–Crippen LogP) is 8.80. The summed E-state index contributed by atoms with van der Waals surface area (Å²) in [6, 6.07) is 0. The second kappa shape index (κ2) is 17700. The third kappa shape index (κ3) is 14700. The van der Waals surface area contributed by atoms with Crippen LogP contribution < -0.4 is 0 Å². The average molecular weight is 305 g/mol. The highest BCUT2D eigenvalue weighted by Crippen LogP contribution is 1.26. The Balaban J connectivity index is -0.00000000723. The van der Waals surface area contributed by atoms with Gasteiger partial charge in [0.2, 0.25) is 0 Å². The van der Waals surface area contributed by atoms with E-state index in [0.29, 0.717) is 0 Å². The number of hydrogen-bond acceptors (Lipinski definition) is 1. The van der Waals surface area contributed by atoms with Crippen LogP contribution in [0, 0.1) is 0 Å². The second-order valence-electron chi connectivity index (χ2n) is 0. The molecule has 0 N–H and O–H groups in total. The summed E-state index contributed by atoms with van der Waals surface area (Å²) in [5.41, 5.74) is 0. The van der Waals surface area contributed by atoms with Crippen molar-refractivity contribution in [2.24, 2.45) is 0 Å². The van der Waals surface area contributed by atoms with Crippen LogP contribution in [0.3, 0.4) is 0 Å². The van der Waals surface area contributed by atoms with E-state index in [2.05, 4.69) is 19.8 Å². The van der Waals surface area contributed by atoms with Crippen LogP contribution in [0.1, 0.15) is 111 Å². The van der Waals surface area contributed by atoms with Gasteiger partial charge in [-0.2, -0.15) is 0 Å². The zero-order valence-corrected chi connectivity index (χ0v) is 18.7. The Labute approximate surface area is 131 Å². The van der Waals surface area contributed by atoms with E-state index < -0.39 is 0 Å². The molecule has 0 spiro atoms. The molecule has 0 unspecified atom stereocenters. The monoisotopic (exact) mass is 304 g/mol. The van der Waals surface area contributed by atoms with E-state index in [-0.39, 0.29) is 0 Å². The van der Waals surface area contributed by atoms with Gasteiger partial charge >= 0.3 is 0 Å². The minimum absolute atomic E-state index is 2.00. The standard InChI is InChI=1S/8C2H6.HPS/c9*1-2/h8*1-2H3;1H. The molecule has 18 heavy (non-hydrogen) atoms. The van der Waals surface area contributed by atoms with Gasteiger partial charge in [-0.1, -0.05) is 123 Å². The summed E-state index contributed by atoms with van der Waals surface area (Å²) < 4.78 is 0. The predicted molar refractivity (Wildman–Crippen MR) is 106 cm³/mol. The minimum Gasteiger partial charge on any atom is -0.0683 e. The van der Waals surface area contributed by atoms with Gasteiger partial charge in [-0.15, -0.1) is 0 Å². The number of rotatable bonds is 0.